The molecule has 0 radical (unpaired) electrons. The predicted molar refractivity (Wildman–Crippen MR) is 54.0 cm³/mol. The van der Waals surface area contributed by atoms with Crippen molar-refractivity contribution in [3.05, 3.63) is 17.7 Å². The van der Waals surface area contributed by atoms with Gasteiger partial charge in [0, 0.05) is 5.92 Å². The Balaban J connectivity index is 3.19. The molecule has 0 aliphatic rings. The Morgan fingerprint density at radius 3 is 2.53 bits per heavy atom. The van der Waals surface area contributed by atoms with E-state index < -0.39 is 5.97 Å². The van der Waals surface area contributed by atoms with Gasteiger partial charge in [-0.05, 0) is 0 Å². The Labute approximate surface area is 88.4 Å². The second-order valence-electron chi connectivity index (χ2n) is 3.29. The lowest BCUT2D eigenvalue weighted by Gasteiger charge is -2.08. The molecule has 5 heteroatoms. The average molecular weight is 210 g/mol. The maximum absolute atomic E-state index is 11.4. The second-order valence-corrected chi connectivity index (χ2v) is 3.29. The van der Waals surface area contributed by atoms with Crippen LogP contribution in [0, 0.1) is 0 Å². The van der Waals surface area contributed by atoms with Gasteiger partial charge < -0.3 is 9.47 Å². The molecule has 1 aromatic rings. The van der Waals surface area contributed by atoms with E-state index in [2.05, 4.69) is 14.7 Å². The number of carbonyl (C=O) groups excluding carboxylic acids is 1. The molecular weight excluding hydrogens is 196 g/mol. The number of hydrogen-bond acceptors (Lipinski definition) is 5. The monoisotopic (exact) mass is 210 g/mol. The Morgan fingerprint density at radius 2 is 2.07 bits per heavy atom. The van der Waals surface area contributed by atoms with Crippen molar-refractivity contribution in [3.63, 3.8) is 0 Å². The van der Waals surface area contributed by atoms with E-state index in [1.807, 2.05) is 13.8 Å². The third-order valence-corrected chi connectivity index (χ3v) is 1.89. The minimum absolute atomic E-state index is 0.152. The molecule has 82 valence electrons. The summed E-state index contributed by atoms with van der Waals surface area (Å²) < 4.78 is 9.58. The Bertz CT molecular complexity index is 364. The third-order valence-electron chi connectivity index (χ3n) is 1.89. The highest BCUT2D eigenvalue weighted by Crippen LogP contribution is 2.18. The van der Waals surface area contributed by atoms with E-state index in [0.717, 1.165) is 0 Å². The molecule has 0 atom stereocenters. The zero-order chi connectivity index (χ0) is 11.4. The molecule has 0 saturated heterocycles. The summed E-state index contributed by atoms with van der Waals surface area (Å²) in [5.74, 6) is 0.554. The van der Waals surface area contributed by atoms with E-state index in [-0.39, 0.29) is 11.6 Å². The fourth-order valence-electron chi connectivity index (χ4n) is 1.05. The number of aromatic nitrogens is 2. The fraction of sp³-hybridized carbons (Fsp3) is 0.500. The van der Waals surface area contributed by atoms with Crippen molar-refractivity contribution in [3.8, 4) is 5.75 Å². The van der Waals surface area contributed by atoms with Gasteiger partial charge in [-0.15, -0.1) is 0 Å². The summed E-state index contributed by atoms with van der Waals surface area (Å²) in [6.45, 7) is 3.89. The molecule has 1 aromatic heterocycles. The van der Waals surface area contributed by atoms with E-state index >= 15 is 0 Å². The summed E-state index contributed by atoms with van der Waals surface area (Å²) >= 11 is 0. The van der Waals surface area contributed by atoms with Crippen LogP contribution in [-0.2, 0) is 4.74 Å². The van der Waals surface area contributed by atoms with Gasteiger partial charge in [0.05, 0.1) is 20.4 Å². The molecule has 0 spiro atoms. The number of nitrogens with zero attached hydrogens (tertiary/aromatic N) is 2. The minimum Gasteiger partial charge on any atom is -0.493 e. The molecule has 0 fully saturated rings. The summed E-state index contributed by atoms with van der Waals surface area (Å²) in [6, 6.07) is 0. The van der Waals surface area contributed by atoms with E-state index in [9.17, 15) is 4.79 Å². The van der Waals surface area contributed by atoms with Gasteiger partial charge in [-0.25, -0.2) is 14.8 Å². The molecule has 1 rings (SSSR count). The van der Waals surface area contributed by atoms with Crippen LogP contribution in [0.2, 0.25) is 0 Å². The molecule has 0 unspecified atom stereocenters. The number of esters is 1. The lowest BCUT2D eigenvalue weighted by Crippen LogP contribution is -2.10. The molecule has 0 bridgehead atoms. The van der Waals surface area contributed by atoms with Gasteiger partial charge in [-0.2, -0.15) is 0 Å². The van der Waals surface area contributed by atoms with Crippen LogP contribution in [-0.4, -0.2) is 30.2 Å². The second kappa shape index (κ2) is 4.72. The van der Waals surface area contributed by atoms with Crippen LogP contribution in [0.5, 0.6) is 5.75 Å². The van der Waals surface area contributed by atoms with Crippen molar-refractivity contribution >= 4 is 5.97 Å². The van der Waals surface area contributed by atoms with Crippen molar-refractivity contribution < 1.29 is 14.3 Å². The van der Waals surface area contributed by atoms with Crippen LogP contribution in [0.25, 0.3) is 0 Å². The quantitative estimate of drug-likeness (QED) is 0.705. The fourth-order valence-corrected chi connectivity index (χ4v) is 1.05. The Morgan fingerprint density at radius 1 is 1.40 bits per heavy atom. The molecule has 0 aliphatic carbocycles. The van der Waals surface area contributed by atoms with Crippen molar-refractivity contribution in [2.45, 2.75) is 19.8 Å². The van der Waals surface area contributed by atoms with Crippen LogP contribution in [0.3, 0.4) is 0 Å². The summed E-state index contributed by atoms with van der Waals surface area (Å²) in [7, 11) is 2.76. The van der Waals surface area contributed by atoms with E-state index in [4.69, 9.17) is 4.74 Å². The van der Waals surface area contributed by atoms with E-state index in [1.54, 1.807) is 0 Å². The normalized spacial score (nSPS) is 10.2. The first-order valence-electron chi connectivity index (χ1n) is 4.59. The molecule has 0 saturated carbocycles. The molecule has 0 amide bonds. The highest BCUT2D eigenvalue weighted by Gasteiger charge is 2.17. The standard InChI is InChI=1S/C10H14N2O3/c1-6(2)9-11-5-7(14-3)8(12-9)10(13)15-4/h5-6H,1-4H3. The van der Waals surface area contributed by atoms with Crippen molar-refractivity contribution in [1.29, 1.82) is 0 Å². The van der Waals surface area contributed by atoms with E-state index in [0.29, 0.717) is 11.6 Å². The van der Waals surface area contributed by atoms with Crippen LogP contribution in [0.4, 0.5) is 0 Å². The largest absolute Gasteiger partial charge is 0.493 e. The average Bonchev–Trinajstić information content (AvgIpc) is 2.27. The summed E-state index contributed by atoms with van der Waals surface area (Å²) in [5.41, 5.74) is 0.165. The van der Waals surface area contributed by atoms with Gasteiger partial charge in [0.2, 0.25) is 0 Å². The third kappa shape index (κ3) is 2.43. The SMILES string of the molecule is COC(=O)c1nc(C(C)C)ncc1OC. The van der Waals surface area contributed by atoms with Gasteiger partial charge >= 0.3 is 5.97 Å². The maximum atomic E-state index is 11.4. The first kappa shape index (κ1) is 11.4. The predicted octanol–water partition coefficient (Wildman–Crippen LogP) is 1.40. The van der Waals surface area contributed by atoms with Gasteiger partial charge in [0.25, 0.3) is 0 Å². The zero-order valence-electron chi connectivity index (χ0n) is 9.27. The summed E-state index contributed by atoms with van der Waals surface area (Å²) in [4.78, 5) is 19.6. The smallest absolute Gasteiger partial charge is 0.360 e. The first-order chi connectivity index (χ1) is 7.10. The molecule has 0 aliphatic heterocycles. The number of hydrogen-bond donors (Lipinski definition) is 0. The summed E-state index contributed by atoms with van der Waals surface area (Å²) in [5, 5.41) is 0. The number of carbonyl (C=O) groups is 1. The van der Waals surface area contributed by atoms with E-state index in [1.165, 1.54) is 20.4 Å². The molecule has 15 heavy (non-hydrogen) atoms. The van der Waals surface area contributed by atoms with Crippen molar-refractivity contribution in [2.24, 2.45) is 0 Å². The van der Waals surface area contributed by atoms with Crippen LogP contribution >= 0.6 is 0 Å². The van der Waals surface area contributed by atoms with Gasteiger partial charge in [-0.1, -0.05) is 13.8 Å². The van der Waals surface area contributed by atoms with Crippen molar-refractivity contribution in [2.75, 3.05) is 14.2 Å². The highest BCUT2D eigenvalue weighted by atomic mass is 16.5. The van der Waals surface area contributed by atoms with Gasteiger partial charge in [0.1, 0.15) is 5.82 Å². The Hall–Kier alpha value is -1.65. The highest BCUT2D eigenvalue weighted by molar-refractivity contribution is 5.90. The molecule has 0 aromatic carbocycles. The van der Waals surface area contributed by atoms with Crippen molar-refractivity contribution in [1.82, 2.24) is 9.97 Å². The van der Waals surface area contributed by atoms with Crippen LogP contribution in [0.1, 0.15) is 36.1 Å². The molecule has 1 heterocycles. The first-order valence-corrected chi connectivity index (χ1v) is 4.59. The number of ether oxygens (including phenoxy) is 2. The lowest BCUT2D eigenvalue weighted by molar-refractivity contribution is 0.0589. The number of rotatable bonds is 3. The minimum atomic E-state index is -0.517. The Kier molecular flexibility index (Phi) is 3.60. The van der Waals surface area contributed by atoms with Gasteiger partial charge in [0.15, 0.2) is 11.4 Å². The lowest BCUT2D eigenvalue weighted by atomic mass is 10.2. The molecule has 0 N–H and O–H groups in total. The number of methoxy groups -OCH3 is 2. The van der Waals surface area contributed by atoms with Crippen LogP contribution in [0.15, 0.2) is 6.20 Å². The maximum Gasteiger partial charge on any atom is 0.360 e. The van der Waals surface area contributed by atoms with Gasteiger partial charge in [-0.3, -0.25) is 0 Å². The topological polar surface area (TPSA) is 61.3 Å². The summed E-state index contributed by atoms with van der Waals surface area (Å²) in [6.07, 6.45) is 1.48. The van der Waals surface area contributed by atoms with Crippen LogP contribution < -0.4 is 4.74 Å². The molecular formula is C10H14N2O3. The zero-order valence-corrected chi connectivity index (χ0v) is 9.27. The molecule has 5 nitrogen and oxygen atoms in total.